The van der Waals surface area contributed by atoms with E-state index in [1.54, 1.807) is 0 Å². The Morgan fingerprint density at radius 2 is 2.16 bits per heavy atom. The minimum atomic E-state index is -0.524. The fourth-order valence-corrected chi connectivity index (χ4v) is 1.99. The molecule has 1 aromatic heterocycles. The Morgan fingerprint density at radius 3 is 2.84 bits per heavy atom. The molecule has 0 atom stereocenters. The topological polar surface area (TPSA) is 78.0 Å². The van der Waals surface area contributed by atoms with Crippen LogP contribution in [0.3, 0.4) is 0 Å². The van der Waals surface area contributed by atoms with Crippen LogP contribution in [0.1, 0.15) is 12.8 Å². The Kier molecular flexibility index (Phi) is 4.11. The zero-order chi connectivity index (χ0) is 13.8. The molecule has 100 valence electrons. The van der Waals surface area contributed by atoms with Crippen molar-refractivity contribution in [1.29, 1.82) is 0 Å². The Bertz CT molecular complexity index is 669. The highest BCUT2D eigenvalue weighted by molar-refractivity contribution is 6.17. The predicted molar refractivity (Wildman–Crippen MR) is 72.6 cm³/mol. The lowest BCUT2D eigenvalue weighted by molar-refractivity contribution is -0.384. The number of hydrogen-bond donors (Lipinski definition) is 0. The zero-order valence-electron chi connectivity index (χ0n) is 10.1. The highest BCUT2D eigenvalue weighted by atomic mass is 35.5. The van der Waals surface area contributed by atoms with Crippen LogP contribution in [0.4, 0.5) is 5.69 Å². The van der Waals surface area contributed by atoms with Crippen molar-refractivity contribution in [2.75, 3.05) is 5.88 Å². The van der Waals surface area contributed by atoms with E-state index in [1.165, 1.54) is 29.1 Å². The maximum atomic E-state index is 12.2. The third-order valence-corrected chi connectivity index (χ3v) is 3.07. The molecule has 1 heterocycles. The van der Waals surface area contributed by atoms with E-state index in [2.05, 4.69) is 4.98 Å². The summed E-state index contributed by atoms with van der Waals surface area (Å²) in [6.45, 7) is 0.511. The van der Waals surface area contributed by atoms with Gasteiger partial charge in [0, 0.05) is 24.6 Å². The van der Waals surface area contributed by atoms with E-state index in [9.17, 15) is 14.9 Å². The monoisotopic (exact) mass is 281 g/mol. The molecule has 0 aliphatic rings. The van der Waals surface area contributed by atoms with E-state index in [-0.39, 0.29) is 16.6 Å². The number of aryl methyl sites for hydroxylation is 1. The Balaban J connectivity index is 2.44. The highest BCUT2D eigenvalue weighted by Gasteiger charge is 2.10. The average Bonchev–Trinajstić information content (AvgIpc) is 2.41. The van der Waals surface area contributed by atoms with Gasteiger partial charge in [0.2, 0.25) is 0 Å². The number of benzene rings is 1. The minimum absolute atomic E-state index is 0.107. The molecule has 2 rings (SSSR count). The lowest BCUT2D eigenvalue weighted by atomic mass is 10.2. The molecular weight excluding hydrogens is 270 g/mol. The van der Waals surface area contributed by atoms with E-state index < -0.39 is 4.92 Å². The van der Waals surface area contributed by atoms with Crippen molar-refractivity contribution >= 4 is 28.2 Å². The normalized spacial score (nSPS) is 10.8. The van der Waals surface area contributed by atoms with Gasteiger partial charge >= 0.3 is 0 Å². The second kappa shape index (κ2) is 5.79. The molecule has 0 N–H and O–H groups in total. The first-order valence-electron chi connectivity index (χ1n) is 5.83. The van der Waals surface area contributed by atoms with Crippen LogP contribution in [0.15, 0.2) is 29.3 Å². The standard InChI is InChI=1S/C12H12ClN3O3/c13-5-1-2-6-15-8-14-11-4-3-9(16(18)19)7-10(11)12(15)17/h3-4,7-8H,1-2,5-6H2. The van der Waals surface area contributed by atoms with E-state index in [4.69, 9.17) is 11.6 Å². The summed E-state index contributed by atoms with van der Waals surface area (Å²) < 4.78 is 1.46. The number of nitrogens with zero attached hydrogens (tertiary/aromatic N) is 3. The van der Waals surface area contributed by atoms with Crippen molar-refractivity contribution < 1.29 is 4.92 Å². The average molecular weight is 282 g/mol. The summed E-state index contributed by atoms with van der Waals surface area (Å²) in [4.78, 5) is 26.5. The summed E-state index contributed by atoms with van der Waals surface area (Å²) in [5.74, 6) is 0.543. The van der Waals surface area contributed by atoms with Crippen molar-refractivity contribution in [3.05, 3.63) is 45.0 Å². The van der Waals surface area contributed by atoms with Crippen molar-refractivity contribution in [2.45, 2.75) is 19.4 Å². The zero-order valence-corrected chi connectivity index (χ0v) is 10.8. The van der Waals surface area contributed by atoms with Gasteiger partial charge in [-0.2, -0.15) is 0 Å². The fourth-order valence-electron chi connectivity index (χ4n) is 1.80. The van der Waals surface area contributed by atoms with Gasteiger partial charge in [-0.1, -0.05) is 0 Å². The minimum Gasteiger partial charge on any atom is -0.299 e. The lowest BCUT2D eigenvalue weighted by Gasteiger charge is -2.05. The predicted octanol–water partition coefficient (Wildman–Crippen LogP) is 2.32. The van der Waals surface area contributed by atoms with Gasteiger partial charge < -0.3 is 0 Å². The number of alkyl halides is 1. The van der Waals surface area contributed by atoms with Gasteiger partial charge in [0.15, 0.2) is 0 Å². The van der Waals surface area contributed by atoms with Gasteiger partial charge in [-0.3, -0.25) is 19.5 Å². The van der Waals surface area contributed by atoms with Crippen molar-refractivity contribution in [2.24, 2.45) is 0 Å². The SMILES string of the molecule is O=c1c2cc([N+](=O)[O-])ccc2ncn1CCCCCl. The summed E-state index contributed by atoms with van der Waals surface area (Å²) >= 11 is 5.58. The summed E-state index contributed by atoms with van der Waals surface area (Å²) in [5, 5.41) is 11.0. The molecule has 7 heteroatoms. The lowest BCUT2D eigenvalue weighted by Crippen LogP contribution is -2.20. The summed E-state index contributed by atoms with van der Waals surface area (Å²) in [5.41, 5.74) is 0.0948. The summed E-state index contributed by atoms with van der Waals surface area (Å²) in [6.07, 6.45) is 3.04. The van der Waals surface area contributed by atoms with E-state index >= 15 is 0 Å². The third kappa shape index (κ3) is 2.90. The number of fused-ring (bicyclic) bond motifs is 1. The molecule has 0 fully saturated rings. The number of non-ortho nitro benzene ring substituents is 1. The number of nitro benzene ring substituents is 1. The number of rotatable bonds is 5. The molecule has 19 heavy (non-hydrogen) atoms. The molecule has 0 unspecified atom stereocenters. The Labute approximate surface area is 113 Å². The second-order valence-corrected chi connectivity index (χ2v) is 4.48. The van der Waals surface area contributed by atoms with E-state index in [1.807, 2.05) is 0 Å². The molecule has 0 aliphatic carbocycles. The molecule has 0 saturated heterocycles. The number of unbranched alkanes of at least 4 members (excludes halogenated alkanes) is 1. The quantitative estimate of drug-likeness (QED) is 0.365. The van der Waals surface area contributed by atoms with Crippen LogP contribution in [0.2, 0.25) is 0 Å². The first kappa shape index (κ1) is 13.5. The third-order valence-electron chi connectivity index (χ3n) is 2.80. The fraction of sp³-hybridized carbons (Fsp3) is 0.333. The van der Waals surface area contributed by atoms with Crippen molar-refractivity contribution in [3.8, 4) is 0 Å². The van der Waals surface area contributed by atoms with Crippen LogP contribution in [-0.2, 0) is 6.54 Å². The summed E-state index contributed by atoms with van der Waals surface area (Å²) in [7, 11) is 0. The molecule has 0 saturated carbocycles. The van der Waals surface area contributed by atoms with Crippen LogP contribution in [0.25, 0.3) is 10.9 Å². The maximum absolute atomic E-state index is 12.2. The van der Waals surface area contributed by atoms with Crippen LogP contribution in [0.5, 0.6) is 0 Å². The van der Waals surface area contributed by atoms with Crippen LogP contribution >= 0.6 is 11.6 Å². The first-order valence-corrected chi connectivity index (χ1v) is 6.36. The number of halogens is 1. The molecule has 6 nitrogen and oxygen atoms in total. The van der Waals surface area contributed by atoms with Crippen molar-refractivity contribution in [1.82, 2.24) is 9.55 Å². The molecule has 2 aromatic rings. The molecule has 0 spiro atoms. The van der Waals surface area contributed by atoms with Gasteiger partial charge in [-0.25, -0.2) is 4.98 Å². The van der Waals surface area contributed by atoms with Crippen LogP contribution < -0.4 is 5.56 Å². The first-order chi connectivity index (χ1) is 9.13. The van der Waals surface area contributed by atoms with E-state index in [0.717, 1.165) is 12.8 Å². The van der Waals surface area contributed by atoms with Gasteiger partial charge in [-0.05, 0) is 18.9 Å². The largest absolute Gasteiger partial charge is 0.299 e. The molecule has 0 bridgehead atoms. The summed E-state index contributed by atoms with van der Waals surface area (Å²) in [6, 6.07) is 4.09. The Hall–Kier alpha value is -1.95. The molecule has 1 aromatic carbocycles. The van der Waals surface area contributed by atoms with Gasteiger partial charge in [0.25, 0.3) is 11.2 Å². The van der Waals surface area contributed by atoms with Gasteiger partial charge in [-0.15, -0.1) is 11.6 Å². The maximum Gasteiger partial charge on any atom is 0.270 e. The molecular formula is C12H12ClN3O3. The highest BCUT2D eigenvalue weighted by Crippen LogP contribution is 2.16. The van der Waals surface area contributed by atoms with Gasteiger partial charge in [0.05, 0.1) is 22.2 Å². The second-order valence-electron chi connectivity index (χ2n) is 4.10. The van der Waals surface area contributed by atoms with Crippen molar-refractivity contribution in [3.63, 3.8) is 0 Å². The molecule has 0 radical (unpaired) electrons. The van der Waals surface area contributed by atoms with E-state index in [0.29, 0.717) is 17.9 Å². The number of aromatic nitrogens is 2. The Morgan fingerprint density at radius 1 is 1.37 bits per heavy atom. The number of nitro groups is 1. The van der Waals surface area contributed by atoms with Crippen LogP contribution in [0, 0.1) is 10.1 Å². The van der Waals surface area contributed by atoms with Crippen LogP contribution in [-0.4, -0.2) is 20.4 Å². The molecule has 0 amide bonds. The molecule has 0 aliphatic heterocycles. The number of hydrogen-bond acceptors (Lipinski definition) is 4. The smallest absolute Gasteiger partial charge is 0.270 e. The van der Waals surface area contributed by atoms with Gasteiger partial charge in [0.1, 0.15) is 0 Å².